The van der Waals surface area contributed by atoms with Crippen LogP contribution in [0, 0.1) is 5.92 Å². The summed E-state index contributed by atoms with van der Waals surface area (Å²) in [6.45, 7) is 3.70. The number of thioether (sulfide) groups is 2. The summed E-state index contributed by atoms with van der Waals surface area (Å²) in [6, 6.07) is 18.3. The Balaban J connectivity index is 1.97. The van der Waals surface area contributed by atoms with E-state index in [4.69, 9.17) is 0 Å². The standard InChI is InChI=1S/C22H23NO4S2/c1-14(2)18(24)22(21(26)27)19(29-20(25)15-9-5-3-6-10-15)17(13-23-22)28-16-11-7-4-8-12-16/h3-12,14,17,19,23H,13H2,1-2H3,(H,26,27)/t17-,19?,22-/m0/s1. The van der Waals surface area contributed by atoms with Crippen LogP contribution in [-0.2, 0) is 9.59 Å². The highest BCUT2D eigenvalue weighted by molar-refractivity contribution is 8.15. The summed E-state index contributed by atoms with van der Waals surface area (Å²) in [5, 5.41) is 11.9. The quantitative estimate of drug-likeness (QED) is 0.649. The van der Waals surface area contributed by atoms with Crippen molar-refractivity contribution in [3.8, 4) is 0 Å². The van der Waals surface area contributed by atoms with Crippen LogP contribution in [0.4, 0.5) is 0 Å². The number of hydrogen-bond donors (Lipinski definition) is 2. The second-order valence-electron chi connectivity index (χ2n) is 7.17. The number of hydrogen-bond acceptors (Lipinski definition) is 6. The maximum atomic E-state index is 13.1. The van der Waals surface area contributed by atoms with Crippen molar-refractivity contribution in [3.63, 3.8) is 0 Å². The van der Waals surface area contributed by atoms with E-state index in [1.165, 1.54) is 11.8 Å². The number of carbonyl (C=O) groups excluding carboxylic acids is 2. The summed E-state index contributed by atoms with van der Waals surface area (Å²) < 4.78 is 0. The Kier molecular flexibility index (Phi) is 6.82. The van der Waals surface area contributed by atoms with Gasteiger partial charge < -0.3 is 5.11 Å². The Morgan fingerprint density at radius 3 is 2.17 bits per heavy atom. The van der Waals surface area contributed by atoms with Gasteiger partial charge in [0.15, 0.2) is 11.3 Å². The van der Waals surface area contributed by atoms with E-state index in [1.54, 1.807) is 38.1 Å². The first kappa shape index (κ1) is 21.6. The number of aliphatic carboxylic acids is 1. The lowest BCUT2D eigenvalue weighted by atomic mass is 9.85. The minimum Gasteiger partial charge on any atom is -0.479 e. The van der Waals surface area contributed by atoms with Crippen molar-refractivity contribution >= 4 is 40.4 Å². The molecule has 1 unspecified atom stereocenters. The Hall–Kier alpha value is -2.09. The van der Waals surface area contributed by atoms with Gasteiger partial charge in [-0.2, -0.15) is 0 Å². The van der Waals surface area contributed by atoms with Crippen LogP contribution >= 0.6 is 23.5 Å². The van der Waals surface area contributed by atoms with Gasteiger partial charge in [-0.05, 0) is 12.1 Å². The molecule has 3 rings (SSSR count). The van der Waals surface area contributed by atoms with Crippen molar-refractivity contribution in [2.75, 3.05) is 6.54 Å². The molecule has 2 aromatic rings. The number of carbonyl (C=O) groups is 3. The third-order valence-corrected chi connectivity index (χ3v) is 7.72. The van der Waals surface area contributed by atoms with Gasteiger partial charge in [0.2, 0.25) is 5.12 Å². The van der Waals surface area contributed by atoms with E-state index < -0.39 is 28.5 Å². The topological polar surface area (TPSA) is 83.5 Å². The van der Waals surface area contributed by atoms with Crippen LogP contribution in [0.5, 0.6) is 0 Å². The number of carboxylic acid groups (broad SMARTS) is 1. The van der Waals surface area contributed by atoms with E-state index in [2.05, 4.69) is 5.32 Å². The minimum absolute atomic E-state index is 0.236. The molecule has 0 saturated carbocycles. The first-order chi connectivity index (χ1) is 13.9. The normalized spacial score (nSPS) is 23.8. The molecule has 0 spiro atoms. The van der Waals surface area contributed by atoms with Crippen LogP contribution in [-0.4, -0.2) is 44.6 Å². The fraction of sp³-hybridized carbons (Fsp3) is 0.318. The van der Waals surface area contributed by atoms with Crippen LogP contribution in [0.25, 0.3) is 0 Å². The largest absolute Gasteiger partial charge is 0.479 e. The fourth-order valence-electron chi connectivity index (χ4n) is 3.43. The number of nitrogens with one attached hydrogen (secondary N) is 1. The molecule has 0 radical (unpaired) electrons. The third kappa shape index (κ3) is 4.42. The molecule has 1 aliphatic rings. The number of ketones is 1. The van der Waals surface area contributed by atoms with Crippen molar-refractivity contribution in [1.29, 1.82) is 0 Å². The lowest BCUT2D eigenvalue weighted by Crippen LogP contribution is -2.62. The Labute approximate surface area is 178 Å². The maximum Gasteiger partial charge on any atom is 0.332 e. The highest BCUT2D eigenvalue weighted by Gasteiger charge is 2.60. The molecular formula is C22H23NO4S2. The van der Waals surface area contributed by atoms with Gasteiger partial charge in [0.25, 0.3) is 0 Å². The van der Waals surface area contributed by atoms with Gasteiger partial charge in [-0.1, -0.05) is 74.1 Å². The molecule has 1 fully saturated rings. The molecule has 1 saturated heterocycles. The van der Waals surface area contributed by atoms with Crippen molar-refractivity contribution < 1.29 is 19.5 Å². The number of Topliss-reactive ketones (excluding diaryl/α,β-unsaturated/α-hetero) is 1. The first-order valence-electron chi connectivity index (χ1n) is 9.36. The van der Waals surface area contributed by atoms with Crippen molar-refractivity contribution in [2.24, 2.45) is 5.92 Å². The van der Waals surface area contributed by atoms with E-state index in [1.807, 2.05) is 36.4 Å². The monoisotopic (exact) mass is 429 g/mol. The van der Waals surface area contributed by atoms with E-state index >= 15 is 0 Å². The van der Waals surface area contributed by atoms with Gasteiger partial charge >= 0.3 is 5.97 Å². The predicted molar refractivity (Wildman–Crippen MR) is 116 cm³/mol. The van der Waals surface area contributed by atoms with Crippen molar-refractivity contribution in [3.05, 3.63) is 66.2 Å². The fourth-order valence-corrected chi connectivity index (χ4v) is 6.15. The summed E-state index contributed by atoms with van der Waals surface area (Å²) in [5.41, 5.74) is -1.31. The molecule has 1 heterocycles. The molecule has 2 N–H and O–H groups in total. The lowest BCUT2D eigenvalue weighted by molar-refractivity contribution is -0.150. The first-order valence-corrected chi connectivity index (χ1v) is 11.1. The number of rotatable bonds is 7. The maximum absolute atomic E-state index is 13.1. The number of benzene rings is 2. The summed E-state index contributed by atoms with van der Waals surface area (Å²) >= 11 is 2.44. The van der Waals surface area contributed by atoms with Crippen molar-refractivity contribution in [2.45, 2.75) is 34.8 Å². The van der Waals surface area contributed by atoms with Gasteiger partial charge in [0.05, 0.1) is 5.25 Å². The second kappa shape index (κ2) is 9.15. The smallest absolute Gasteiger partial charge is 0.332 e. The van der Waals surface area contributed by atoms with Gasteiger partial charge in [-0.3, -0.25) is 14.9 Å². The molecule has 0 aromatic heterocycles. The predicted octanol–water partition coefficient (Wildman–Crippen LogP) is 3.74. The molecule has 5 nitrogen and oxygen atoms in total. The third-order valence-electron chi connectivity index (χ3n) is 4.87. The van der Waals surface area contributed by atoms with Crippen LogP contribution in [0.3, 0.4) is 0 Å². The van der Waals surface area contributed by atoms with E-state index in [0.29, 0.717) is 12.1 Å². The lowest BCUT2D eigenvalue weighted by Gasteiger charge is -2.32. The SMILES string of the molecule is CC(C)C(=O)[C@]1(C(=O)O)NC[C@H](Sc2ccccc2)C1SC(=O)c1ccccc1. The molecule has 152 valence electrons. The molecule has 3 atom stereocenters. The zero-order chi connectivity index (χ0) is 21.0. The highest BCUT2D eigenvalue weighted by atomic mass is 32.2. The summed E-state index contributed by atoms with van der Waals surface area (Å²) in [4.78, 5) is 39.3. The zero-order valence-corrected chi connectivity index (χ0v) is 17.8. The Bertz CT molecular complexity index is 888. The molecule has 0 amide bonds. The molecule has 1 aliphatic heterocycles. The Morgan fingerprint density at radius 1 is 1.03 bits per heavy atom. The second-order valence-corrected chi connectivity index (χ2v) is 9.60. The average molecular weight is 430 g/mol. The minimum atomic E-state index is -1.80. The molecule has 29 heavy (non-hydrogen) atoms. The van der Waals surface area contributed by atoms with E-state index in [0.717, 1.165) is 16.7 Å². The van der Waals surface area contributed by atoms with Crippen molar-refractivity contribution in [1.82, 2.24) is 5.32 Å². The van der Waals surface area contributed by atoms with Crippen LogP contribution in [0.2, 0.25) is 0 Å². The molecule has 2 aromatic carbocycles. The summed E-state index contributed by atoms with van der Waals surface area (Å²) in [6.07, 6.45) is 0. The van der Waals surface area contributed by atoms with Crippen LogP contribution in [0.15, 0.2) is 65.6 Å². The molecule has 0 aliphatic carbocycles. The molecule has 0 bridgehead atoms. The highest BCUT2D eigenvalue weighted by Crippen LogP contribution is 2.43. The van der Waals surface area contributed by atoms with E-state index in [9.17, 15) is 19.5 Å². The summed E-state index contributed by atoms with van der Waals surface area (Å²) in [7, 11) is 0. The summed E-state index contributed by atoms with van der Waals surface area (Å²) in [5.74, 6) is -2.11. The van der Waals surface area contributed by atoms with Gasteiger partial charge in [0.1, 0.15) is 0 Å². The van der Waals surface area contributed by atoms with Gasteiger partial charge in [0, 0.05) is 28.2 Å². The van der Waals surface area contributed by atoms with E-state index in [-0.39, 0.29) is 10.4 Å². The van der Waals surface area contributed by atoms with Crippen LogP contribution < -0.4 is 5.32 Å². The van der Waals surface area contributed by atoms with Gasteiger partial charge in [-0.25, -0.2) is 4.79 Å². The van der Waals surface area contributed by atoms with Gasteiger partial charge in [-0.15, -0.1) is 11.8 Å². The van der Waals surface area contributed by atoms with Crippen LogP contribution in [0.1, 0.15) is 24.2 Å². The average Bonchev–Trinajstić information content (AvgIpc) is 3.07. The zero-order valence-electron chi connectivity index (χ0n) is 16.2. The molecular weight excluding hydrogens is 406 g/mol. The molecule has 7 heteroatoms. The Morgan fingerprint density at radius 2 is 1.62 bits per heavy atom. The number of carboxylic acids is 1.